The van der Waals surface area contributed by atoms with Crippen LogP contribution in [0.3, 0.4) is 0 Å². The third-order valence-corrected chi connectivity index (χ3v) is 7.03. The molecule has 0 spiro atoms. The fourth-order valence-corrected chi connectivity index (χ4v) is 5.10. The number of hydrogen-bond donors (Lipinski definition) is 0. The van der Waals surface area contributed by atoms with Crippen LogP contribution in [-0.2, 0) is 27.3 Å². The van der Waals surface area contributed by atoms with Crippen LogP contribution in [-0.4, -0.2) is 77.9 Å². The SMILES string of the molecule is O=C1CCCc2occ(C(=O)N3CC(=O)N(CC4CCOCC4)C[C@H](OCc4cccnc4)C3)c21. The van der Waals surface area contributed by atoms with Gasteiger partial charge in [0.2, 0.25) is 5.91 Å². The van der Waals surface area contributed by atoms with Gasteiger partial charge in [-0.15, -0.1) is 0 Å². The number of ketones is 1. The number of Topliss-reactive ketones (excluding diaryl/α,β-unsaturated/α-hetero) is 1. The van der Waals surface area contributed by atoms with E-state index in [-0.39, 0.29) is 42.4 Å². The molecule has 0 unspecified atom stereocenters. The fourth-order valence-electron chi connectivity index (χ4n) is 5.10. The minimum Gasteiger partial charge on any atom is -0.468 e. The molecule has 0 bridgehead atoms. The summed E-state index contributed by atoms with van der Waals surface area (Å²) in [5.74, 6) is 0.390. The van der Waals surface area contributed by atoms with E-state index in [4.69, 9.17) is 13.9 Å². The number of carbonyl (C=O) groups excluding carboxylic acids is 3. The van der Waals surface area contributed by atoms with Crippen molar-refractivity contribution in [2.45, 2.75) is 44.8 Å². The molecule has 1 atom stereocenters. The molecule has 5 rings (SSSR count). The van der Waals surface area contributed by atoms with Crippen molar-refractivity contribution in [3.63, 3.8) is 0 Å². The Balaban J connectivity index is 1.35. The predicted octanol–water partition coefficient (Wildman–Crippen LogP) is 2.49. The normalized spacial score (nSPS) is 21.7. The van der Waals surface area contributed by atoms with Crippen LogP contribution in [0.15, 0.2) is 35.2 Å². The molecule has 2 aromatic heterocycles. The number of ether oxygens (including phenoxy) is 2. The molecule has 2 saturated heterocycles. The summed E-state index contributed by atoms with van der Waals surface area (Å²) >= 11 is 0. The number of rotatable bonds is 6. The molecule has 3 aliphatic rings. The summed E-state index contributed by atoms with van der Waals surface area (Å²) in [6, 6.07) is 3.78. The van der Waals surface area contributed by atoms with Crippen molar-refractivity contribution in [2.75, 3.05) is 39.4 Å². The molecule has 0 N–H and O–H groups in total. The second-order valence-electron chi connectivity index (χ2n) is 9.56. The van der Waals surface area contributed by atoms with Crippen molar-refractivity contribution in [1.82, 2.24) is 14.8 Å². The van der Waals surface area contributed by atoms with Crippen LogP contribution in [0.2, 0.25) is 0 Å². The number of pyridine rings is 1. The van der Waals surface area contributed by atoms with Gasteiger partial charge < -0.3 is 23.7 Å². The van der Waals surface area contributed by atoms with E-state index in [1.807, 2.05) is 17.0 Å². The topological polar surface area (TPSA) is 102 Å². The first kappa shape index (κ1) is 23.7. The van der Waals surface area contributed by atoms with Crippen LogP contribution in [0.25, 0.3) is 0 Å². The van der Waals surface area contributed by atoms with Crippen molar-refractivity contribution in [3.05, 3.63) is 53.2 Å². The Labute approximate surface area is 204 Å². The lowest BCUT2D eigenvalue weighted by molar-refractivity contribution is -0.132. The van der Waals surface area contributed by atoms with Gasteiger partial charge in [0.05, 0.1) is 23.8 Å². The molecule has 2 amide bonds. The van der Waals surface area contributed by atoms with E-state index in [9.17, 15) is 14.4 Å². The molecule has 0 radical (unpaired) electrons. The average molecular weight is 482 g/mol. The van der Waals surface area contributed by atoms with E-state index < -0.39 is 0 Å². The quantitative estimate of drug-likeness (QED) is 0.625. The minimum atomic E-state index is -0.371. The molecule has 4 heterocycles. The number of aryl methyl sites for hydroxylation is 1. The largest absolute Gasteiger partial charge is 0.468 e. The van der Waals surface area contributed by atoms with Gasteiger partial charge in [0.25, 0.3) is 5.91 Å². The zero-order valence-electron chi connectivity index (χ0n) is 19.8. The Bertz CT molecular complexity index is 1060. The highest BCUT2D eigenvalue weighted by molar-refractivity contribution is 6.09. The van der Waals surface area contributed by atoms with Crippen molar-refractivity contribution >= 4 is 17.6 Å². The van der Waals surface area contributed by atoms with Crippen molar-refractivity contribution in [3.8, 4) is 0 Å². The number of nitrogens with zero attached hydrogens (tertiary/aromatic N) is 3. The smallest absolute Gasteiger partial charge is 0.258 e. The van der Waals surface area contributed by atoms with Gasteiger partial charge in [0.1, 0.15) is 18.6 Å². The van der Waals surface area contributed by atoms with E-state index in [0.29, 0.717) is 63.0 Å². The highest BCUT2D eigenvalue weighted by Gasteiger charge is 2.36. The Kier molecular flexibility index (Phi) is 7.24. The molecule has 9 nitrogen and oxygen atoms in total. The average Bonchev–Trinajstić information content (AvgIpc) is 3.26. The Morgan fingerprint density at radius 3 is 2.83 bits per heavy atom. The Morgan fingerprint density at radius 1 is 1.17 bits per heavy atom. The van der Waals surface area contributed by atoms with E-state index in [1.165, 1.54) is 11.2 Å². The molecule has 35 heavy (non-hydrogen) atoms. The number of fused-ring (bicyclic) bond motifs is 1. The predicted molar refractivity (Wildman–Crippen MR) is 125 cm³/mol. The van der Waals surface area contributed by atoms with Crippen molar-refractivity contribution in [1.29, 1.82) is 0 Å². The monoisotopic (exact) mass is 481 g/mol. The van der Waals surface area contributed by atoms with Crippen LogP contribution >= 0.6 is 0 Å². The molecule has 186 valence electrons. The van der Waals surface area contributed by atoms with E-state index >= 15 is 0 Å². The number of carbonyl (C=O) groups is 3. The van der Waals surface area contributed by atoms with Gasteiger partial charge in [0, 0.05) is 58.1 Å². The highest BCUT2D eigenvalue weighted by Crippen LogP contribution is 2.28. The Hall–Kier alpha value is -3.04. The first-order valence-electron chi connectivity index (χ1n) is 12.4. The van der Waals surface area contributed by atoms with Gasteiger partial charge in [-0.25, -0.2) is 0 Å². The maximum atomic E-state index is 13.6. The molecule has 0 saturated carbocycles. The fraction of sp³-hybridized carbons (Fsp3) is 0.538. The lowest BCUT2D eigenvalue weighted by Gasteiger charge is -2.30. The summed E-state index contributed by atoms with van der Waals surface area (Å²) < 4.78 is 17.2. The number of furan rings is 1. The van der Waals surface area contributed by atoms with Crippen molar-refractivity contribution in [2.24, 2.45) is 5.92 Å². The third-order valence-electron chi connectivity index (χ3n) is 7.03. The van der Waals surface area contributed by atoms with Gasteiger partial charge in [-0.05, 0) is 36.8 Å². The zero-order valence-corrected chi connectivity index (χ0v) is 19.8. The van der Waals surface area contributed by atoms with Gasteiger partial charge in [-0.3, -0.25) is 19.4 Å². The summed E-state index contributed by atoms with van der Waals surface area (Å²) in [6.45, 7) is 2.97. The maximum absolute atomic E-state index is 13.6. The summed E-state index contributed by atoms with van der Waals surface area (Å²) in [7, 11) is 0. The molecule has 2 aromatic rings. The lowest BCUT2D eigenvalue weighted by Crippen LogP contribution is -2.42. The first-order chi connectivity index (χ1) is 17.1. The number of hydrogen-bond acceptors (Lipinski definition) is 7. The molecule has 9 heteroatoms. The molecule has 2 aliphatic heterocycles. The second-order valence-corrected chi connectivity index (χ2v) is 9.56. The van der Waals surface area contributed by atoms with E-state index in [2.05, 4.69) is 4.98 Å². The van der Waals surface area contributed by atoms with E-state index in [1.54, 1.807) is 12.4 Å². The molecule has 0 aromatic carbocycles. The van der Waals surface area contributed by atoms with E-state index in [0.717, 1.165) is 24.8 Å². The maximum Gasteiger partial charge on any atom is 0.258 e. The summed E-state index contributed by atoms with van der Waals surface area (Å²) in [5.41, 5.74) is 1.55. The van der Waals surface area contributed by atoms with Gasteiger partial charge >= 0.3 is 0 Å². The lowest BCUT2D eigenvalue weighted by atomic mass is 9.93. The van der Waals surface area contributed by atoms with Crippen LogP contribution in [0.1, 0.15) is 57.7 Å². The Morgan fingerprint density at radius 2 is 2.03 bits per heavy atom. The van der Waals surface area contributed by atoms with Crippen molar-refractivity contribution < 1.29 is 28.3 Å². The summed E-state index contributed by atoms with van der Waals surface area (Å²) in [6.07, 6.45) is 8.05. The van der Waals surface area contributed by atoms with Crippen LogP contribution in [0.4, 0.5) is 0 Å². The highest BCUT2D eigenvalue weighted by atomic mass is 16.5. The second kappa shape index (κ2) is 10.7. The molecular weight excluding hydrogens is 450 g/mol. The number of aromatic nitrogens is 1. The molecular formula is C26H31N3O6. The third kappa shape index (κ3) is 5.46. The van der Waals surface area contributed by atoms with Crippen LogP contribution < -0.4 is 0 Å². The van der Waals surface area contributed by atoms with Gasteiger partial charge in [-0.1, -0.05) is 6.07 Å². The van der Waals surface area contributed by atoms with Crippen LogP contribution in [0, 0.1) is 5.92 Å². The number of amides is 2. The first-order valence-corrected chi connectivity index (χ1v) is 12.4. The summed E-state index contributed by atoms with van der Waals surface area (Å²) in [4.78, 5) is 46.8. The minimum absolute atomic E-state index is 0.0526. The molecule has 1 aliphatic carbocycles. The summed E-state index contributed by atoms with van der Waals surface area (Å²) in [5, 5.41) is 0. The van der Waals surface area contributed by atoms with Gasteiger partial charge in [-0.2, -0.15) is 0 Å². The van der Waals surface area contributed by atoms with Crippen LogP contribution in [0.5, 0.6) is 0 Å². The standard InChI is InChI=1S/C26H31N3O6/c30-22-4-1-5-23-25(22)21(17-35-23)26(32)29-14-20(34-16-19-3-2-8-27-11-19)13-28(24(31)15-29)12-18-6-9-33-10-7-18/h2-3,8,11,17-18,20H,1,4-7,9-10,12-16H2/t20-/m0/s1. The zero-order chi connectivity index (χ0) is 24.2. The van der Waals surface area contributed by atoms with Gasteiger partial charge in [0.15, 0.2) is 5.78 Å². The molecule has 2 fully saturated rings.